The van der Waals surface area contributed by atoms with Crippen LogP contribution in [-0.2, 0) is 4.79 Å². The Morgan fingerprint density at radius 1 is 1.35 bits per heavy atom. The summed E-state index contributed by atoms with van der Waals surface area (Å²) in [5, 5.41) is 2.69. The molecule has 5 heteroatoms. The largest absolute Gasteiger partial charge is 0.494 e. The fourth-order valence-corrected chi connectivity index (χ4v) is 2.49. The molecule has 0 radical (unpaired) electrons. The van der Waals surface area contributed by atoms with Crippen LogP contribution >= 0.6 is 11.3 Å². The summed E-state index contributed by atoms with van der Waals surface area (Å²) >= 11 is 1.48. The number of rotatable bonds is 6. The lowest BCUT2D eigenvalue weighted by Gasteiger charge is -2.13. The molecule has 0 spiro atoms. The Balaban J connectivity index is 1.72. The van der Waals surface area contributed by atoms with Crippen LogP contribution in [0.4, 0.5) is 5.13 Å². The van der Waals surface area contributed by atoms with Crippen molar-refractivity contribution in [2.45, 2.75) is 19.8 Å². The molecule has 0 aliphatic heterocycles. The summed E-state index contributed by atoms with van der Waals surface area (Å²) in [6, 6.07) is 9.62. The number of amides is 1. The average Bonchev–Trinajstić information content (AvgIpc) is 2.90. The predicted molar refractivity (Wildman–Crippen MR) is 81.4 cm³/mol. The number of anilines is 1. The van der Waals surface area contributed by atoms with Gasteiger partial charge in [0, 0.05) is 18.8 Å². The van der Waals surface area contributed by atoms with Gasteiger partial charge >= 0.3 is 0 Å². The first-order valence-corrected chi connectivity index (χ1v) is 7.41. The number of aryl methyl sites for hydroxylation is 1. The minimum atomic E-state index is 0.0658. The van der Waals surface area contributed by atoms with Crippen LogP contribution in [-0.4, -0.2) is 24.5 Å². The van der Waals surface area contributed by atoms with Gasteiger partial charge in [0.15, 0.2) is 5.13 Å². The number of hydrogen-bond acceptors (Lipinski definition) is 4. The van der Waals surface area contributed by atoms with E-state index in [1.807, 2.05) is 42.6 Å². The highest BCUT2D eigenvalue weighted by molar-refractivity contribution is 7.14. The van der Waals surface area contributed by atoms with Crippen LogP contribution in [0.3, 0.4) is 0 Å². The van der Waals surface area contributed by atoms with Gasteiger partial charge in [-0.3, -0.25) is 9.69 Å². The molecular formula is C15H18N2O2S. The Morgan fingerprint density at radius 3 is 2.75 bits per heavy atom. The van der Waals surface area contributed by atoms with E-state index in [1.54, 1.807) is 11.9 Å². The fraction of sp³-hybridized carbons (Fsp3) is 0.333. The molecule has 20 heavy (non-hydrogen) atoms. The van der Waals surface area contributed by atoms with E-state index in [0.717, 1.165) is 16.6 Å². The predicted octanol–water partition coefficient (Wildman–Crippen LogP) is 3.27. The molecule has 0 N–H and O–H groups in total. The molecule has 1 amide bonds. The molecule has 0 aliphatic rings. The van der Waals surface area contributed by atoms with Crippen molar-refractivity contribution in [3.8, 4) is 5.75 Å². The van der Waals surface area contributed by atoms with Crippen LogP contribution in [0.1, 0.15) is 18.5 Å². The van der Waals surface area contributed by atoms with Crippen molar-refractivity contribution in [1.82, 2.24) is 4.98 Å². The molecule has 0 bridgehead atoms. The average molecular weight is 290 g/mol. The topological polar surface area (TPSA) is 42.4 Å². The number of hydrogen-bond donors (Lipinski definition) is 0. The number of para-hydroxylation sites is 1. The second kappa shape index (κ2) is 7.05. The minimum absolute atomic E-state index is 0.0658. The molecule has 2 aromatic rings. The van der Waals surface area contributed by atoms with Crippen molar-refractivity contribution in [3.05, 3.63) is 41.4 Å². The van der Waals surface area contributed by atoms with E-state index in [9.17, 15) is 4.79 Å². The van der Waals surface area contributed by atoms with Gasteiger partial charge in [-0.2, -0.15) is 0 Å². The maximum absolute atomic E-state index is 12.0. The van der Waals surface area contributed by atoms with E-state index in [4.69, 9.17) is 4.74 Å². The summed E-state index contributed by atoms with van der Waals surface area (Å²) in [5.41, 5.74) is 0.942. The number of aromatic nitrogens is 1. The number of benzene rings is 1. The summed E-state index contributed by atoms with van der Waals surface area (Å²) in [5.74, 6) is 0.903. The summed E-state index contributed by atoms with van der Waals surface area (Å²) in [6.45, 7) is 2.46. The van der Waals surface area contributed by atoms with Crippen LogP contribution in [0.25, 0.3) is 0 Å². The molecule has 106 valence electrons. The molecular weight excluding hydrogens is 272 g/mol. The number of carbonyl (C=O) groups is 1. The highest BCUT2D eigenvalue weighted by Crippen LogP contribution is 2.19. The molecule has 1 aromatic heterocycles. The minimum Gasteiger partial charge on any atom is -0.494 e. The molecule has 0 fully saturated rings. The van der Waals surface area contributed by atoms with Crippen LogP contribution < -0.4 is 9.64 Å². The van der Waals surface area contributed by atoms with E-state index >= 15 is 0 Å². The van der Waals surface area contributed by atoms with Gasteiger partial charge in [0.25, 0.3) is 0 Å². The lowest BCUT2D eigenvalue weighted by molar-refractivity contribution is -0.118. The second-order valence-electron chi connectivity index (χ2n) is 4.49. The van der Waals surface area contributed by atoms with E-state index in [0.29, 0.717) is 19.4 Å². The van der Waals surface area contributed by atoms with Crippen molar-refractivity contribution < 1.29 is 9.53 Å². The van der Waals surface area contributed by atoms with Gasteiger partial charge in [-0.05, 0) is 25.5 Å². The molecule has 4 nitrogen and oxygen atoms in total. The number of thiazole rings is 1. The van der Waals surface area contributed by atoms with Gasteiger partial charge in [-0.25, -0.2) is 4.98 Å². The molecule has 0 saturated heterocycles. The second-order valence-corrected chi connectivity index (χ2v) is 5.33. The number of nitrogens with zero attached hydrogens (tertiary/aromatic N) is 2. The smallest absolute Gasteiger partial charge is 0.228 e. The Hall–Kier alpha value is -1.88. The first-order chi connectivity index (χ1) is 9.66. The first-order valence-electron chi connectivity index (χ1n) is 6.53. The zero-order valence-corrected chi connectivity index (χ0v) is 12.5. The molecule has 0 aliphatic carbocycles. The Bertz CT molecular complexity index is 554. The molecule has 2 rings (SSSR count). The zero-order valence-electron chi connectivity index (χ0n) is 11.7. The van der Waals surface area contributed by atoms with E-state index in [1.165, 1.54) is 11.3 Å². The van der Waals surface area contributed by atoms with Crippen molar-refractivity contribution >= 4 is 22.4 Å². The molecule has 0 unspecified atom stereocenters. The van der Waals surface area contributed by atoms with Gasteiger partial charge < -0.3 is 4.74 Å². The lowest BCUT2D eigenvalue weighted by atomic mass is 10.3. The molecule has 0 saturated carbocycles. The standard InChI is InChI=1S/C15H18N2O2S/c1-12-11-20-15(16-12)17(2)14(18)9-6-10-19-13-7-4-3-5-8-13/h3-5,7-8,11H,6,9-10H2,1-2H3. The fourth-order valence-electron chi connectivity index (χ4n) is 1.70. The van der Waals surface area contributed by atoms with Gasteiger partial charge in [0.05, 0.1) is 12.3 Å². The van der Waals surface area contributed by atoms with Crippen LogP contribution in [0.15, 0.2) is 35.7 Å². The van der Waals surface area contributed by atoms with Crippen LogP contribution in [0.5, 0.6) is 5.75 Å². The van der Waals surface area contributed by atoms with Crippen molar-refractivity contribution in [2.75, 3.05) is 18.6 Å². The summed E-state index contributed by atoms with van der Waals surface area (Å²) < 4.78 is 5.56. The number of carbonyl (C=O) groups excluding carboxylic acids is 1. The third kappa shape index (κ3) is 4.06. The summed E-state index contributed by atoms with van der Waals surface area (Å²) in [4.78, 5) is 17.9. The highest BCUT2D eigenvalue weighted by Gasteiger charge is 2.13. The quantitative estimate of drug-likeness (QED) is 0.767. The third-order valence-corrected chi connectivity index (χ3v) is 3.85. The first kappa shape index (κ1) is 14.5. The summed E-state index contributed by atoms with van der Waals surface area (Å²) in [7, 11) is 1.76. The van der Waals surface area contributed by atoms with Crippen molar-refractivity contribution in [1.29, 1.82) is 0 Å². The summed E-state index contributed by atoms with van der Waals surface area (Å²) in [6.07, 6.45) is 1.16. The van der Waals surface area contributed by atoms with Gasteiger partial charge in [-0.15, -0.1) is 11.3 Å². The van der Waals surface area contributed by atoms with E-state index < -0.39 is 0 Å². The number of ether oxygens (including phenoxy) is 1. The Kier molecular flexibility index (Phi) is 5.12. The van der Waals surface area contributed by atoms with Crippen molar-refractivity contribution in [2.24, 2.45) is 0 Å². The van der Waals surface area contributed by atoms with E-state index in [2.05, 4.69) is 4.98 Å². The lowest BCUT2D eigenvalue weighted by Crippen LogP contribution is -2.26. The van der Waals surface area contributed by atoms with Crippen molar-refractivity contribution in [3.63, 3.8) is 0 Å². The maximum atomic E-state index is 12.0. The maximum Gasteiger partial charge on any atom is 0.228 e. The molecule has 0 atom stereocenters. The third-order valence-electron chi connectivity index (χ3n) is 2.81. The van der Waals surface area contributed by atoms with Gasteiger partial charge in [-0.1, -0.05) is 18.2 Å². The zero-order chi connectivity index (χ0) is 14.4. The molecule has 1 heterocycles. The highest BCUT2D eigenvalue weighted by atomic mass is 32.1. The van der Waals surface area contributed by atoms with Gasteiger partial charge in [0.1, 0.15) is 5.75 Å². The van der Waals surface area contributed by atoms with Crippen LogP contribution in [0.2, 0.25) is 0 Å². The van der Waals surface area contributed by atoms with E-state index in [-0.39, 0.29) is 5.91 Å². The monoisotopic (exact) mass is 290 g/mol. The molecule has 1 aromatic carbocycles. The van der Waals surface area contributed by atoms with Crippen LogP contribution in [0, 0.1) is 6.92 Å². The van der Waals surface area contributed by atoms with Gasteiger partial charge in [0.2, 0.25) is 5.91 Å². The SMILES string of the molecule is Cc1csc(N(C)C(=O)CCCOc2ccccc2)n1. The Morgan fingerprint density at radius 2 is 2.10 bits per heavy atom. The Labute approximate surface area is 123 Å². The normalized spacial score (nSPS) is 10.3.